The Hall–Kier alpha value is -2.14. The first-order chi connectivity index (χ1) is 9.85. The van der Waals surface area contributed by atoms with Gasteiger partial charge in [0.25, 0.3) is 0 Å². The Bertz CT molecular complexity index is 902. The van der Waals surface area contributed by atoms with E-state index in [1.165, 1.54) is 4.24 Å². The number of fused-ring (bicyclic) bond motifs is 1. The lowest BCUT2D eigenvalue weighted by atomic mass is 10.0. The van der Waals surface area contributed by atoms with E-state index in [1.807, 2.05) is 48.5 Å². The molecule has 2 nitrogen and oxygen atoms in total. The van der Waals surface area contributed by atoms with Crippen LogP contribution < -0.4 is 10.4 Å². The second-order valence-corrected chi connectivity index (χ2v) is 6.19. The van der Waals surface area contributed by atoms with Crippen molar-refractivity contribution in [3.8, 4) is 12.1 Å². The molecule has 0 radical (unpaired) electrons. The van der Waals surface area contributed by atoms with E-state index in [0.717, 1.165) is 16.0 Å². The van der Waals surface area contributed by atoms with Gasteiger partial charge in [-0.25, -0.2) is 0 Å². The topological polar surface area (TPSA) is 47.6 Å². The van der Waals surface area contributed by atoms with Crippen LogP contribution in [0.25, 0.3) is 20.6 Å². The van der Waals surface area contributed by atoms with Gasteiger partial charge in [-0.1, -0.05) is 59.9 Å². The lowest BCUT2D eigenvalue weighted by molar-refractivity contribution is 1.50. The van der Waals surface area contributed by atoms with Crippen LogP contribution in [-0.4, -0.2) is 0 Å². The molecule has 0 saturated heterocycles. The number of rotatable bonds is 0. The van der Waals surface area contributed by atoms with Gasteiger partial charge in [0.1, 0.15) is 17.7 Å². The number of thioether (sulfide) groups is 2. The van der Waals surface area contributed by atoms with Gasteiger partial charge in [0.05, 0.1) is 4.24 Å². The van der Waals surface area contributed by atoms with Crippen LogP contribution in [0, 0.1) is 22.7 Å². The van der Waals surface area contributed by atoms with Crippen LogP contribution >= 0.6 is 23.5 Å². The summed E-state index contributed by atoms with van der Waals surface area (Å²) < 4.78 is 1.23. The molecule has 0 saturated carbocycles. The molecule has 0 fully saturated rings. The predicted octanol–water partition coefficient (Wildman–Crippen LogP) is 3.05. The van der Waals surface area contributed by atoms with Crippen molar-refractivity contribution in [3.63, 3.8) is 0 Å². The average Bonchev–Trinajstić information content (AvgIpc) is 3.02. The molecule has 2 aromatic carbocycles. The fraction of sp³-hybridized carbons (Fsp3) is 0. The molecule has 0 bridgehead atoms. The van der Waals surface area contributed by atoms with Crippen LogP contribution in [0.1, 0.15) is 0 Å². The van der Waals surface area contributed by atoms with Crippen molar-refractivity contribution >= 4 is 44.1 Å². The standard InChI is InChI=1S/C16H8N2S2/c17-9-11(10-18)12-5-6-15(16-19-7-8-20-16)14-4-2-1-3-13(12)14/h1-8H. The van der Waals surface area contributed by atoms with Gasteiger partial charge in [0.2, 0.25) is 0 Å². The van der Waals surface area contributed by atoms with Crippen molar-refractivity contribution in [1.29, 1.82) is 10.5 Å². The third-order valence-electron chi connectivity index (χ3n) is 3.04. The Morgan fingerprint density at radius 1 is 0.850 bits per heavy atom. The van der Waals surface area contributed by atoms with E-state index in [0.29, 0.717) is 5.22 Å². The molecule has 3 rings (SSSR count). The van der Waals surface area contributed by atoms with Gasteiger partial charge in [-0.15, -0.1) is 0 Å². The monoisotopic (exact) mass is 292 g/mol. The first-order valence-corrected chi connectivity index (χ1v) is 7.66. The summed E-state index contributed by atoms with van der Waals surface area (Å²) in [6.07, 6.45) is 0. The van der Waals surface area contributed by atoms with Crippen molar-refractivity contribution in [2.75, 3.05) is 0 Å². The Morgan fingerprint density at radius 3 is 2.15 bits per heavy atom. The van der Waals surface area contributed by atoms with Crippen LogP contribution in [0.5, 0.6) is 0 Å². The Kier molecular flexibility index (Phi) is 3.52. The second kappa shape index (κ2) is 5.46. The molecule has 0 amide bonds. The van der Waals surface area contributed by atoms with Crippen LogP contribution in [0.2, 0.25) is 0 Å². The molecule has 4 heteroatoms. The minimum absolute atomic E-state index is 0.155. The van der Waals surface area contributed by atoms with Gasteiger partial charge in [-0.05, 0) is 21.6 Å². The molecule has 1 aliphatic rings. The summed E-state index contributed by atoms with van der Waals surface area (Å²) in [7, 11) is 0. The summed E-state index contributed by atoms with van der Waals surface area (Å²) in [4.78, 5) is 0. The highest BCUT2D eigenvalue weighted by Crippen LogP contribution is 2.38. The molecule has 0 aliphatic carbocycles. The van der Waals surface area contributed by atoms with Gasteiger partial charge in [-0.2, -0.15) is 10.5 Å². The Labute approximate surface area is 124 Å². The third-order valence-corrected chi connectivity index (χ3v) is 5.20. The fourth-order valence-corrected chi connectivity index (χ4v) is 4.03. The largest absolute Gasteiger partial charge is 0.192 e. The molecule has 94 valence electrons. The molecule has 0 atom stereocenters. The molecule has 0 spiro atoms. The SMILES string of the molecule is N#CC(C#N)=c1ccc(=C2SC=CS2)c2ccccc12. The van der Waals surface area contributed by atoms with Gasteiger partial charge < -0.3 is 0 Å². The number of nitrogens with zero attached hydrogens (tertiary/aromatic N) is 2. The van der Waals surface area contributed by atoms with Crippen molar-refractivity contribution in [2.24, 2.45) is 0 Å². The number of hydrogen-bond donors (Lipinski definition) is 0. The minimum atomic E-state index is 0.155. The van der Waals surface area contributed by atoms with E-state index in [2.05, 4.69) is 10.8 Å². The van der Waals surface area contributed by atoms with Crippen LogP contribution in [-0.2, 0) is 0 Å². The summed E-state index contributed by atoms with van der Waals surface area (Å²) in [6, 6.07) is 15.7. The van der Waals surface area contributed by atoms with E-state index in [9.17, 15) is 0 Å². The van der Waals surface area contributed by atoms with E-state index in [1.54, 1.807) is 23.5 Å². The van der Waals surface area contributed by atoms with Gasteiger partial charge >= 0.3 is 0 Å². The fourth-order valence-electron chi connectivity index (χ4n) is 2.17. The zero-order valence-electron chi connectivity index (χ0n) is 10.3. The molecule has 1 aliphatic heterocycles. The van der Waals surface area contributed by atoms with Gasteiger partial charge in [-0.3, -0.25) is 0 Å². The lowest BCUT2D eigenvalue weighted by Gasteiger charge is -2.03. The first-order valence-electron chi connectivity index (χ1n) is 5.90. The quantitative estimate of drug-likeness (QED) is 0.749. The molecule has 20 heavy (non-hydrogen) atoms. The minimum Gasteiger partial charge on any atom is -0.192 e. The van der Waals surface area contributed by atoms with E-state index < -0.39 is 0 Å². The summed E-state index contributed by atoms with van der Waals surface area (Å²) in [5, 5.41) is 26.2. The van der Waals surface area contributed by atoms with E-state index >= 15 is 0 Å². The molecule has 1 heterocycles. The summed E-state index contributed by atoms with van der Waals surface area (Å²) in [5.41, 5.74) is 0.155. The summed E-state index contributed by atoms with van der Waals surface area (Å²) in [6.45, 7) is 0. The van der Waals surface area contributed by atoms with Crippen molar-refractivity contribution in [3.05, 3.63) is 57.7 Å². The van der Waals surface area contributed by atoms with Crippen LogP contribution in [0.4, 0.5) is 0 Å². The highest BCUT2D eigenvalue weighted by molar-refractivity contribution is 8.34. The summed E-state index contributed by atoms with van der Waals surface area (Å²) >= 11 is 3.40. The highest BCUT2D eigenvalue weighted by atomic mass is 32.2. The van der Waals surface area contributed by atoms with Crippen LogP contribution in [0.3, 0.4) is 0 Å². The molecular formula is C16H8N2S2. The Morgan fingerprint density at radius 2 is 1.50 bits per heavy atom. The maximum absolute atomic E-state index is 9.09. The van der Waals surface area contributed by atoms with Crippen molar-refractivity contribution in [2.45, 2.75) is 0 Å². The molecule has 0 aromatic heterocycles. The molecular weight excluding hydrogens is 284 g/mol. The highest BCUT2D eigenvalue weighted by Gasteiger charge is 2.07. The maximum Gasteiger partial charge on any atom is 0.137 e. The lowest BCUT2D eigenvalue weighted by Crippen LogP contribution is -2.14. The first kappa shape index (κ1) is 12.9. The Balaban J connectivity index is 2.52. The zero-order valence-corrected chi connectivity index (χ0v) is 12.0. The van der Waals surface area contributed by atoms with Crippen LogP contribution in [0.15, 0.2) is 47.2 Å². The smallest absolute Gasteiger partial charge is 0.137 e. The van der Waals surface area contributed by atoms with Gasteiger partial charge in [0.15, 0.2) is 0 Å². The van der Waals surface area contributed by atoms with E-state index in [4.69, 9.17) is 10.5 Å². The molecule has 0 N–H and O–H groups in total. The third kappa shape index (κ3) is 2.10. The normalized spacial score (nSPS) is 13.2. The predicted molar refractivity (Wildman–Crippen MR) is 85.6 cm³/mol. The molecule has 0 unspecified atom stereocenters. The number of nitriles is 2. The zero-order chi connectivity index (χ0) is 13.9. The number of benzene rings is 2. The average molecular weight is 292 g/mol. The second-order valence-electron chi connectivity index (χ2n) is 4.10. The maximum atomic E-state index is 9.09. The molecule has 2 aromatic rings. The van der Waals surface area contributed by atoms with Crippen molar-refractivity contribution < 1.29 is 0 Å². The summed E-state index contributed by atoms with van der Waals surface area (Å²) in [5.74, 6) is 0. The number of hydrogen-bond acceptors (Lipinski definition) is 4. The van der Waals surface area contributed by atoms with Gasteiger partial charge in [0, 0.05) is 10.4 Å². The van der Waals surface area contributed by atoms with E-state index in [-0.39, 0.29) is 5.57 Å². The van der Waals surface area contributed by atoms with Crippen molar-refractivity contribution in [1.82, 2.24) is 0 Å².